The molecule has 1 aliphatic rings. The van der Waals surface area contributed by atoms with Gasteiger partial charge in [-0.2, -0.15) is 0 Å². The van der Waals surface area contributed by atoms with E-state index in [-0.39, 0.29) is 11.8 Å². The zero-order valence-electron chi connectivity index (χ0n) is 13.3. The van der Waals surface area contributed by atoms with Gasteiger partial charge in [0.15, 0.2) is 0 Å². The first kappa shape index (κ1) is 16.3. The number of aliphatic carboxylic acids is 1. The molecular weight excluding hydrogens is 280 g/mol. The minimum Gasteiger partial charge on any atom is -0.481 e. The van der Waals surface area contributed by atoms with Crippen LogP contribution < -0.4 is 4.90 Å². The average Bonchev–Trinajstić information content (AvgIpc) is 2.54. The topological polar surface area (TPSA) is 60.9 Å². The van der Waals surface area contributed by atoms with Gasteiger partial charge in [0.25, 0.3) is 0 Å². The van der Waals surface area contributed by atoms with Crippen molar-refractivity contribution < 1.29 is 14.7 Å². The van der Waals surface area contributed by atoms with Crippen LogP contribution in [0.25, 0.3) is 0 Å². The lowest BCUT2D eigenvalue weighted by Crippen LogP contribution is -2.36. The van der Waals surface area contributed by atoms with Gasteiger partial charge in [0.05, 0.1) is 5.92 Å². The van der Waals surface area contributed by atoms with Gasteiger partial charge in [-0.15, -0.1) is 0 Å². The summed E-state index contributed by atoms with van der Waals surface area (Å²) in [5.74, 6) is -0.770. The summed E-state index contributed by atoms with van der Waals surface area (Å²) in [5, 5.41) is 9.06. The predicted molar refractivity (Wildman–Crippen MR) is 85.8 cm³/mol. The molecule has 1 amide bonds. The maximum absolute atomic E-state index is 11.7. The zero-order valence-corrected chi connectivity index (χ0v) is 13.3. The molecule has 2 rings (SSSR count). The number of hydrogen-bond donors (Lipinski definition) is 1. The molecule has 1 N–H and O–H groups in total. The van der Waals surface area contributed by atoms with E-state index < -0.39 is 5.97 Å². The second-order valence-corrected chi connectivity index (χ2v) is 5.87. The Balaban J connectivity index is 2.00. The number of amides is 1. The molecule has 0 unspecified atom stereocenters. The number of carboxylic acids is 1. The summed E-state index contributed by atoms with van der Waals surface area (Å²) in [7, 11) is 1.82. The van der Waals surface area contributed by atoms with Crippen molar-refractivity contribution in [3.05, 3.63) is 29.8 Å². The number of carboxylic acid groups (broad SMARTS) is 1. The van der Waals surface area contributed by atoms with E-state index in [0.29, 0.717) is 25.8 Å². The van der Waals surface area contributed by atoms with Crippen molar-refractivity contribution in [2.75, 3.05) is 25.0 Å². The number of rotatable bonds is 5. The first-order valence-electron chi connectivity index (χ1n) is 7.82. The third-order valence-electron chi connectivity index (χ3n) is 4.27. The molecule has 0 spiro atoms. The zero-order chi connectivity index (χ0) is 16.1. The van der Waals surface area contributed by atoms with Crippen LogP contribution in [0.2, 0.25) is 0 Å². The summed E-state index contributed by atoms with van der Waals surface area (Å²) in [4.78, 5) is 26.6. The van der Waals surface area contributed by atoms with Crippen LogP contribution in [-0.4, -0.2) is 42.0 Å². The van der Waals surface area contributed by atoms with E-state index >= 15 is 0 Å². The highest BCUT2D eigenvalue weighted by molar-refractivity contribution is 5.75. The van der Waals surface area contributed by atoms with E-state index in [1.54, 1.807) is 4.90 Å². The molecule has 1 heterocycles. The monoisotopic (exact) mass is 304 g/mol. The van der Waals surface area contributed by atoms with Crippen molar-refractivity contribution in [2.45, 2.75) is 32.7 Å². The fraction of sp³-hybridized carbons (Fsp3) is 0.529. The number of nitrogens with zero attached hydrogens (tertiary/aromatic N) is 2. The third kappa shape index (κ3) is 4.00. The van der Waals surface area contributed by atoms with Gasteiger partial charge in [-0.1, -0.05) is 19.1 Å². The fourth-order valence-electron chi connectivity index (χ4n) is 2.87. The van der Waals surface area contributed by atoms with Crippen LogP contribution in [0.5, 0.6) is 0 Å². The number of carbonyl (C=O) groups excluding carboxylic acids is 1. The van der Waals surface area contributed by atoms with Gasteiger partial charge in [0.1, 0.15) is 0 Å². The molecule has 1 fully saturated rings. The Morgan fingerprint density at radius 2 is 2.00 bits per heavy atom. The Morgan fingerprint density at radius 1 is 1.32 bits per heavy atom. The van der Waals surface area contributed by atoms with Crippen molar-refractivity contribution in [1.29, 1.82) is 0 Å². The number of carbonyl (C=O) groups is 2. The fourth-order valence-corrected chi connectivity index (χ4v) is 2.87. The number of benzene rings is 1. The molecule has 0 radical (unpaired) electrons. The summed E-state index contributed by atoms with van der Waals surface area (Å²) in [6.07, 6.45) is 1.89. The maximum Gasteiger partial charge on any atom is 0.306 e. The first-order valence-corrected chi connectivity index (χ1v) is 7.82. The highest BCUT2D eigenvalue weighted by Gasteiger charge is 2.24. The second-order valence-electron chi connectivity index (χ2n) is 5.87. The van der Waals surface area contributed by atoms with E-state index in [9.17, 15) is 9.59 Å². The average molecular weight is 304 g/mol. The van der Waals surface area contributed by atoms with Gasteiger partial charge in [-0.05, 0) is 30.5 Å². The maximum atomic E-state index is 11.7. The Bertz CT molecular complexity index is 536. The van der Waals surface area contributed by atoms with Crippen molar-refractivity contribution in [3.63, 3.8) is 0 Å². The van der Waals surface area contributed by atoms with Crippen LogP contribution in [0.1, 0.15) is 31.7 Å². The lowest BCUT2D eigenvalue weighted by molar-refractivity contribution is -0.142. The lowest BCUT2D eigenvalue weighted by atomic mass is 9.96. The van der Waals surface area contributed by atoms with Crippen molar-refractivity contribution in [1.82, 2.24) is 4.90 Å². The van der Waals surface area contributed by atoms with Gasteiger partial charge in [-0.25, -0.2) is 0 Å². The summed E-state index contributed by atoms with van der Waals surface area (Å²) in [6, 6.07) is 8.16. The second kappa shape index (κ2) is 7.29. The molecule has 22 heavy (non-hydrogen) atoms. The predicted octanol–water partition coefficient (Wildman–Crippen LogP) is 2.36. The third-order valence-corrected chi connectivity index (χ3v) is 4.27. The largest absolute Gasteiger partial charge is 0.481 e. The van der Waals surface area contributed by atoms with Crippen molar-refractivity contribution in [2.24, 2.45) is 5.92 Å². The van der Waals surface area contributed by atoms with Gasteiger partial charge < -0.3 is 14.9 Å². The molecule has 0 atom stereocenters. The smallest absolute Gasteiger partial charge is 0.306 e. The van der Waals surface area contributed by atoms with Crippen LogP contribution in [0.3, 0.4) is 0 Å². The quantitative estimate of drug-likeness (QED) is 0.907. The van der Waals surface area contributed by atoms with E-state index in [0.717, 1.165) is 24.3 Å². The van der Waals surface area contributed by atoms with E-state index in [1.807, 2.05) is 32.2 Å². The summed E-state index contributed by atoms with van der Waals surface area (Å²) < 4.78 is 0. The van der Waals surface area contributed by atoms with E-state index in [2.05, 4.69) is 11.0 Å². The normalized spacial score (nSPS) is 15.6. The molecule has 0 aromatic heterocycles. The van der Waals surface area contributed by atoms with Gasteiger partial charge in [-0.3, -0.25) is 9.59 Å². The van der Waals surface area contributed by atoms with Crippen LogP contribution in [0, 0.1) is 5.92 Å². The first-order chi connectivity index (χ1) is 10.5. The molecule has 5 heteroatoms. The van der Waals surface area contributed by atoms with Gasteiger partial charge in [0, 0.05) is 38.8 Å². The number of anilines is 1. The van der Waals surface area contributed by atoms with Crippen molar-refractivity contribution >= 4 is 17.6 Å². The molecule has 1 aromatic rings. The summed E-state index contributed by atoms with van der Waals surface area (Å²) in [5.41, 5.74) is 2.21. The van der Waals surface area contributed by atoms with Gasteiger partial charge in [0.2, 0.25) is 5.91 Å². The Hall–Kier alpha value is -2.04. The molecule has 1 aliphatic heterocycles. The van der Waals surface area contributed by atoms with Crippen molar-refractivity contribution in [3.8, 4) is 0 Å². The molecule has 1 saturated heterocycles. The van der Waals surface area contributed by atoms with E-state index in [4.69, 9.17) is 5.11 Å². The van der Waals surface area contributed by atoms with Crippen LogP contribution in [0.4, 0.5) is 5.69 Å². The molecule has 0 bridgehead atoms. The minimum absolute atomic E-state index is 0.132. The van der Waals surface area contributed by atoms with Crippen LogP contribution >= 0.6 is 0 Å². The highest BCUT2D eigenvalue weighted by atomic mass is 16.4. The van der Waals surface area contributed by atoms with Crippen LogP contribution in [0.15, 0.2) is 24.3 Å². The molecule has 5 nitrogen and oxygen atoms in total. The molecule has 120 valence electrons. The van der Waals surface area contributed by atoms with Crippen LogP contribution in [-0.2, 0) is 16.1 Å². The Kier molecular flexibility index (Phi) is 5.41. The molecule has 0 aliphatic carbocycles. The molecule has 1 aromatic carbocycles. The van der Waals surface area contributed by atoms with Gasteiger partial charge >= 0.3 is 5.97 Å². The Morgan fingerprint density at radius 3 is 2.59 bits per heavy atom. The summed E-state index contributed by atoms with van der Waals surface area (Å²) >= 11 is 0. The molecular formula is C17H24N2O3. The molecule has 0 saturated carbocycles. The minimum atomic E-state index is -0.687. The number of piperidine rings is 1. The lowest BCUT2D eigenvalue weighted by Gasteiger charge is -2.32. The Labute approximate surface area is 131 Å². The summed E-state index contributed by atoms with van der Waals surface area (Å²) in [6.45, 7) is 4.00. The number of hydrogen-bond acceptors (Lipinski definition) is 3. The highest BCUT2D eigenvalue weighted by Crippen LogP contribution is 2.24. The SMILES string of the molecule is CCC(=O)N(C)Cc1cccc(N2CCC(C(=O)O)CC2)c1. The standard InChI is InChI=1S/C17H24N2O3/c1-3-16(20)18(2)12-13-5-4-6-15(11-13)19-9-7-14(8-10-19)17(21)22/h4-6,11,14H,3,7-10,12H2,1-2H3,(H,21,22). The van der Waals surface area contributed by atoms with E-state index in [1.165, 1.54) is 0 Å².